The maximum Gasteiger partial charge on any atom is 0.223 e. The van der Waals surface area contributed by atoms with Gasteiger partial charge in [-0.15, -0.1) is 22.9 Å². The fourth-order valence-electron chi connectivity index (χ4n) is 4.19. The lowest BCUT2D eigenvalue weighted by atomic mass is 9.96. The molecule has 4 rings (SSSR count). The van der Waals surface area contributed by atoms with Gasteiger partial charge >= 0.3 is 0 Å². The van der Waals surface area contributed by atoms with E-state index < -0.39 is 0 Å². The molecular weight excluding hydrogens is 392 g/mol. The summed E-state index contributed by atoms with van der Waals surface area (Å²) >= 11 is 7.62. The van der Waals surface area contributed by atoms with Crippen LogP contribution >= 0.6 is 22.9 Å². The Kier molecular flexibility index (Phi) is 6.07. The molecule has 5 nitrogen and oxygen atoms in total. The van der Waals surface area contributed by atoms with Crippen molar-refractivity contribution < 1.29 is 4.79 Å². The average Bonchev–Trinajstić information content (AvgIpc) is 3.11. The molecule has 1 aliphatic heterocycles. The molecule has 2 aliphatic rings. The normalized spacial score (nSPS) is 18.4. The Hall–Kier alpha value is -1.40. The van der Waals surface area contributed by atoms with Gasteiger partial charge in [0.25, 0.3) is 0 Å². The van der Waals surface area contributed by atoms with E-state index in [1.54, 1.807) is 0 Å². The Bertz CT molecular complexity index is 860. The predicted molar refractivity (Wildman–Crippen MR) is 117 cm³/mol. The number of amides is 1. The van der Waals surface area contributed by atoms with E-state index >= 15 is 0 Å². The first-order valence-corrected chi connectivity index (χ1v) is 11.9. The van der Waals surface area contributed by atoms with E-state index in [9.17, 15) is 4.79 Å². The van der Waals surface area contributed by atoms with E-state index in [1.165, 1.54) is 35.1 Å². The van der Waals surface area contributed by atoms with Gasteiger partial charge in [-0.3, -0.25) is 4.79 Å². The summed E-state index contributed by atoms with van der Waals surface area (Å²) in [5, 5.41) is 1.28. The molecule has 1 amide bonds. The second-order valence-electron chi connectivity index (χ2n) is 7.91. The molecule has 1 aliphatic carbocycles. The van der Waals surface area contributed by atoms with Gasteiger partial charge in [0.1, 0.15) is 16.5 Å². The number of hydrogen-bond acceptors (Lipinski definition) is 5. The van der Waals surface area contributed by atoms with Crippen LogP contribution in [0, 0.1) is 0 Å². The van der Waals surface area contributed by atoms with Gasteiger partial charge in [-0.25, -0.2) is 9.97 Å². The second-order valence-corrected chi connectivity index (χ2v) is 9.37. The Morgan fingerprint density at radius 1 is 1.18 bits per heavy atom. The zero-order chi connectivity index (χ0) is 19.7. The molecule has 0 bridgehead atoms. The maximum atomic E-state index is 12.2. The van der Waals surface area contributed by atoms with Gasteiger partial charge < -0.3 is 9.80 Å². The number of rotatable bonds is 5. The highest BCUT2D eigenvalue weighted by Crippen LogP contribution is 2.40. The third kappa shape index (κ3) is 3.73. The molecule has 28 heavy (non-hydrogen) atoms. The van der Waals surface area contributed by atoms with E-state index in [1.807, 2.05) is 16.2 Å². The van der Waals surface area contributed by atoms with Crippen molar-refractivity contribution in [2.45, 2.75) is 58.3 Å². The van der Waals surface area contributed by atoms with Gasteiger partial charge in [0.15, 0.2) is 0 Å². The van der Waals surface area contributed by atoms with Crippen LogP contribution in [0.5, 0.6) is 0 Å². The first-order chi connectivity index (χ1) is 13.6. The second kappa shape index (κ2) is 8.54. The van der Waals surface area contributed by atoms with Crippen LogP contribution in [0.3, 0.4) is 0 Å². The number of alkyl halides is 1. The van der Waals surface area contributed by atoms with Crippen molar-refractivity contribution in [3.63, 3.8) is 0 Å². The van der Waals surface area contributed by atoms with Crippen LogP contribution < -0.4 is 4.90 Å². The lowest BCUT2D eigenvalue weighted by Gasteiger charge is -2.36. The number of piperazine rings is 1. The minimum Gasteiger partial charge on any atom is -0.352 e. The summed E-state index contributed by atoms with van der Waals surface area (Å²) in [6.45, 7) is 7.54. The van der Waals surface area contributed by atoms with E-state index in [-0.39, 0.29) is 5.91 Å². The molecule has 1 atom stereocenters. The minimum absolute atomic E-state index is 0.163. The number of thiophene rings is 1. The lowest BCUT2D eigenvalue weighted by molar-refractivity contribution is -0.131. The Morgan fingerprint density at radius 2 is 1.93 bits per heavy atom. The van der Waals surface area contributed by atoms with E-state index in [0.717, 1.165) is 55.5 Å². The SMILES string of the molecule is CCC(C)c1nc(N2CCN(C(=O)CCCl)CC2)c2c3c(sc2n1)CCCC3. The number of halogens is 1. The third-order valence-electron chi connectivity index (χ3n) is 6.11. The van der Waals surface area contributed by atoms with Crippen LogP contribution in [-0.2, 0) is 17.6 Å². The van der Waals surface area contributed by atoms with Crippen LogP contribution in [0.2, 0.25) is 0 Å². The molecule has 0 aromatic carbocycles. The average molecular weight is 421 g/mol. The van der Waals surface area contributed by atoms with Crippen molar-refractivity contribution >= 4 is 44.9 Å². The Labute approximate surface area is 176 Å². The van der Waals surface area contributed by atoms with Crippen molar-refractivity contribution in [3.8, 4) is 0 Å². The molecule has 2 aromatic heterocycles. The quantitative estimate of drug-likeness (QED) is 0.674. The van der Waals surface area contributed by atoms with Crippen LogP contribution in [0.15, 0.2) is 0 Å². The van der Waals surface area contributed by atoms with Crippen molar-refractivity contribution in [2.75, 3.05) is 37.0 Å². The zero-order valence-corrected chi connectivity index (χ0v) is 18.4. The van der Waals surface area contributed by atoms with Gasteiger partial charge in [0.05, 0.1) is 5.39 Å². The van der Waals surface area contributed by atoms with Gasteiger partial charge in [0.2, 0.25) is 5.91 Å². The van der Waals surface area contributed by atoms with E-state index in [2.05, 4.69) is 18.7 Å². The van der Waals surface area contributed by atoms with Crippen LogP contribution in [0.1, 0.15) is 61.7 Å². The number of nitrogens with zero attached hydrogens (tertiary/aromatic N) is 4. The van der Waals surface area contributed by atoms with Gasteiger partial charge in [-0.2, -0.15) is 0 Å². The maximum absolute atomic E-state index is 12.2. The number of anilines is 1. The molecule has 2 aromatic rings. The molecule has 0 spiro atoms. The number of carbonyl (C=O) groups excluding carboxylic acids is 1. The highest BCUT2D eigenvalue weighted by Gasteiger charge is 2.27. The zero-order valence-electron chi connectivity index (χ0n) is 16.8. The Balaban J connectivity index is 1.69. The van der Waals surface area contributed by atoms with Crippen molar-refractivity contribution in [2.24, 2.45) is 0 Å². The van der Waals surface area contributed by atoms with Crippen LogP contribution in [0.25, 0.3) is 10.2 Å². The number of hydrogen-bond donors (Lipinski definition) is 0. The first-order valence-electron chi connectivity index (χ1n) is 10.5. The topological polar surface area (TPSA) is 49.3 Å². The molecule has 1 fully saturated rings. The standard InChI is InChI=1S/C21H29ClN4OS/c1-3-14(2)19-23-20(26-12-10-25(11-13-26)17(27)8-9-22)18-15-6-4-5-7-16(15)28-21(18)24-19/h14H,3-13H2,1-2H3. The summed E-state index contributed by atoms with van der Waals surface area (Å²) < 4.78 is 0. The molecule has 0 saturated carbocycles. The smallest absolute Gasteiger partial charge is 0.223 e. The number of aromatic nitrogens is 2. The summed E-state index contributed by atoms with van der Waals surface area (Å²) in [7, 11) is 0. The molecule has 1 unspecified atom stereocenters. The largest absolute Gasteiger partial charge is 0.352 e. The van der Waals surface area contributed by atoms with Gasteiger partial charge in [-0.1, -0.05) is 13.8 Å². The highest BCUT2D eigenvalue weighted by atomic mass is 35.5. The van der Waals surface area contributed by atoms with Crippen molar-refractivity contribution in [3.05, 3.63) is 16.3 Å². The minimum atomic E-state index is 0.163. The Morgan fingerprint density at radius 3 is 2.64 bits per heavy atom. The molecule has 7 heteroatoms. The fourth-order valence-corrected chi connectivity index (χ4v) is 5.62. The number of fused-ring (bicyclic) bond motifs is 3. The summed E-state index contributed by atoms with van der Waals surface area (Å²) in [6.07, 6.45) is 6.32. The molecule has 3 heterocycles. The molecule has 152 valence electrons. The monoisotopic (exact) mass is 420 g/mol. The highest BCUT2D eigenvalue weighted by molar-refractivity contribution is 7.19. The van der Waals surface area contributed by atoms with Crippen molar-refractivity contribution in [1.29, 1.82) is 0 Å². The fraction of sp³-hybridized carbons (Fsp3) is 0.667. The lowest BCUT2D eigenvalue weighted by Crippen LogP contribution is -2.49. The van der Waals surface area contributed by atoms with Crippen molar-refractivity contribution in [1.82, 2.24) is 14.9 Å². The van der Waals surface area contributed by atoms with Crippen LogP contribution in [0.4, 0.5) is 5.82 Å². The molecule has 1 saturated heterocycles. The van der Waals surface area contributed by atoms with E-state index in [4.69, 9.17) is 21.6 Å². The van der Waals surface area contributed by atoms with Crippen LogP contribution in [-0.4, -0.2) is 52.8 Å². The first kappa shape index (κ1) is 19.9. The summed E-state index contributed by atoms with van der Waals surface area (Å²) in [5.41, 5.74) is 1.48. The number of carbonyl (C=O) groups is 1. The molecule has 0 radical (unpaired) electrons. The predicted octanol–water partition coefficient (Wildman–Crippen LogP) is 4.36. The third-order valence-corrected chi connectivity index (χ3v) is 7.48. The van der Waals surface area contributed by atoms with Gasteiger partial charge in [0, 0.05) is 49.3 Å². The molecule has 0 N–H and O–H groups in total. The molecular formula is C21H29ClN4OS. The summed E-state index contributed by atoms with van der Waals surface area (Å²) in [6, 6.07) is 0. The van der Waals surface area contributed by atoms with Gasteiger partial charge in [-0.05, 0) is 37.7 Å². The summed E-state index contributed by atoms with van der Waals surface area (Å²) in [4.78, 5) is 29.2. The van der Waals surface area contributed by atoms with E-state index in [0.29, 0.717) is 18.2 Å². The summed E-state index contributed by atoms with van der Waals surface area (Å²) in [5.74, 6) is 2.98. The number of aryl methyl sites for hydroxylation is 2.